The SMILES string of the molecule is COCC1CCS(=O)(=O)C12CN(C(=O)/C=C/c1cccs1)C2. The van der Waals surface area contributed by atoms with Crippen LogP contribution in [0.2, 0.25) is 0 Å². The molecule has 0 radical (unpaired) electrons. The van der Waals surface area contributed by atoms with Crippen LogP contribution in [0.25, 0.3) is 6.08 Å². The monoisotopic (exact) mass is 341 g/mol. The third-order valence-electron chi connectivity index (χ3n) is 4.63. The lowest BCUT2D eigenvalue weighted by molar-refractivity contribution is -0.132. The average molecular weight is 341 g/mol. The molecule has 1 unspecified atom stereocenters. The van der Waals surface area contributed by atoms with E-state index < -0.39 is 14.6 Å². The number of thiophene rings is 1. The molecule has 22 heavy (non-hydrogen) atoms. The van der Waals surface area contributed by atoms with Crippen LogP contribution in [0.3, 0.4) is 0 Å². The summed E-state index contributed by atoms with van der Waals surface area (Å²) in [5.41, 5.74) is 0. The lowest BCUT2D eigenvalue weighted by atomic mass is 9.83. The van der Waals surface area contributed by atoms with E-state index in [4.69, 9.17) is 4.74 Å². The predicted octanol–water partition coefficient (Wildman–Crippen LogP) is 1.42. The van der Waals surface area contributed by atoms with Crippen molar-refractivity contribution >= 4 is 33.2 Å². The molecule has 0 aromatic carbocycles. The molecule has 2 fully saturated rings. The standard InChI is InChI=1S/C15H19NO4S2/c1-20-9-12-6-8-22(18,19)15(12)10-16(11-15)14(17)5-4-13-3-2-7-21-13/h2-5,7,12H,6,8-11H2,1H3/b5-4+. The summed E-state index contributed by atoms with van der Waals surface area (Å²) in [6.45, 7) is 1.01. The van der Waals surface area contributed by atoms with E-state index in [0.717, 1.165) is 4.88 Å². The molecule has 1 aromatic rings. The summed E-state index contributed by atoms with van der Waals surface area (Å²) < 4.78 is 29.1. The van der Waals surface area contributed by atoms with Gasteiger partial charge >= 0.3 is 0 Å². The first-order chi connectivity index (χ1) is 10.5. The molecular weight excluding hydrogens is 322 g/mol. The summed E-state index contributed by atoms with van der Waals surface area (Å²) in [6.07, 6.45) is 3.92. The van der Waals surface area contributed by atoms with Gasteiger partial charge in [-0.1, -0.05) is 6.07 Å². The second kappa shape index (κ2) is 5.79. The minimum absolute atomic E-state index is 0.00664. The van der Waals surface area contributed by atoms with Gasteiger partial charge in [0, 0.05) is 37.1 Å². The number of hydrogen-bond donors (Lipinski definition) is 0. The number of nitrogens with zero attached hydrogens (tertiary/aromatic N) is 1. The summed E-state index contributed by atoms with van der Waals surface area (Å²) in [7, 11) is -1.55. The zero-order valence-electron chi connectivity index (χ0n) is 12.4. The molecule has 2 aliphatic heterocycles. The normalized spacial score (nSPS) is 25.7. The first-order valence-electron chi connectivity index (χ1n) is 7.20. The number of hydrogen-bond acceptors (Lipinski definition) is 5. The number of ether oxygens (including phenoxy) is 1. The van der Waals surface area contributed by atoms with Crippen LogP contribution in [0.5, 0.6) is 0 Å². The fourth-order valence-corrected chi connectivity index (χ4v) is 6.33. The van der Waals surface area contributed by atoms with Gasteiger partial charge < -0.3 is 9.64 Å². The van der Waals surface area contributed by atoms with E-state index in [9.17, 15) is 13.2 Å². The summed E-state index contributed by atoms with van der Waals surface area (Å²) in [6, 6.07) is 3.86. The smallest absolute Gasteiger partial charge is 0.246 e. The molecule has 7 heteroatoms. The fraction of sp³-hybridized carbons (Fsp3) is 0.533. The Morgan fingerprint density at radius 3 is 2.95 bits per heavy atom. The second-order valence-corrected chi connectivity index (χ2v) is 9.30. The van der Waals surface area contributed by atoms with Gasteiger partial charge in [0.15, 0.2) is 9.84 Å². The Kier molecular flexibility index (Phi) is 4.13. The molecule has 0 saturated carbocycles. The average Bonchev–Trinajstić information content (AvgIpc) is 3.01. The first-order valence-corrected chi connectivity index (χ1v) is 9.73. The highest BCUT2D eigenvalue weighted by atomic mass is 32.2. The van der Waals surface area contributed by atoms with Crippen LogP contribution in [0.1, 0.15) is 11.3 Å². The van der Waals surface area contributed by atoms with Gasteiger partial charge in [0.25, 0.3) is 0 Å². The first kappa shape index (κ1) is 15.7. The Morgan fingerprint density at radius 1 is 1.55 bits per heavy atom. The Bertz CT molecular complexity index is 672. The predicted molar refractivity (Wildman–Crippen MR) is 86.4 cm³/mol. The molecule has 1 aromatic heterocycles. The maximum atomic E-state index is 12.4. The van der Waals surface area contributed by atoms with Crippen LogP contribution in [-0.2, 0) is 19.4 Å². The molecule has 0 N–H and O–H groups in total. The number of carbonyl (C=O) groups is 1. The lowest BCUT2D eigenvalue weighted by Gasteiger charge is -2.49. The highest BCUT2D eigenvalue weighted by Gasteiger charge is 2.62. The largest absolute Gasteiger partial charge is 0.384 e. The maximum absolute atomic E-state index is 12.4. The summed E-state index contributed by atoms with van der Waals surface area (Å²) >= 11 is 1.56. The van der Waals surface area contributed by atoms with Crippen molar-refractivity contribution in [3.63, 3.8) is 0 Å². The van der Waals surface area contributed by atoms with E-state index in [2.05, 4.69) is 0 Å². The minimum Gasteiger partial charge on any atom is -0.384 e. The molecule has 5 nitrogen and oxygen atoms in total. The number of carbonyl (C=O) groups excluding carboxylic acids is 1. The molecule has 1 atom stereocenters. The Labute approximate surface area is 134 Å². The van der Waals surface area contributed by atoms with Crippen molar-refractivity contribution in [3.8, 4) is 0 Å². The van der Waals surface area contributed by atoms with Gasteiger partial charge in [0.1, 0.15) is 4.75 Å². The Hall–Kier alpha value is -1.18. The number of rotatable bonds is 4. The molecule has 2 aliphatic rings. The topological polar surface area (TPSA) is 63.7 Å². The molecule has 2 saturated heterocycles. The van der Waals surface area contributed by atoms with E-state index in [-0.39, 0.29) is 30.7 Å². The fourth-order valence-electron chi connectivity index (χ4n) is 3.31. The molecule has 120 valence electrons. The van der Waals surface area contributed by atoms with Crippen molar-refractivity contribution in [1.29, 1.82) is 0 Å². The highest BCUT2D eigenvalue weighted by molar-refractivity contribution is 7.93. The quantitative estimate of drug-likeness (QED) is 0.777. The maximum Gasteiger partial charge on any atom is 0.246 e. The van der Waals surface area contributed by atoms with E-state index in [1.54, 1.807) is 29.4 Å². The van der Waals surface area contributed by atoms with Crippen molar-refractivity contribution in [2.75, 3.05) is 32.6 Å². The van der Waals surface area contributed by atoms with Gasteiger partial charge in [-0.3, -0.25) is 4.79 Å². The third-order valence-corrected chi connectivity index (χ3v) is 8.07. The zero-order chi connectivity index (χ0) is 15.8. The van der Waals surface area contributed by atoms with Crippen LogP contribution < -0.4 is 0 Å². The van der Waals surface area contributed by atoms with Crippen LogP contribution in [0, 0.1) is 5.92 Å². The molecule has 1 spiro atoms. The Morgan fingerprint density at radius 2 is 2.32 bits per heavy atom. The van der Waals surface area contributed by atoms with Crippen molar-refractivity contribution < 1.29 is 17.9 Å². The molecule has 3 rings (SSSR count). The Balaban J connectivity index is 1.68. The van der Waals surface area contributed by atoms with Crippen molar-refractivity contribution in [3.05, 3.63) is 28.5 Å². The number of likely N-dealkylation sites (tertiary alicyclic amines) is 1. The van der Waals surface area contributed by atoms with Crippen LogP contribution in [0.15, 0.2) is 23.6 Å². The van der Waals surface area contributed by atoms with Gasteiger partial charge in [0.2, 0.25) is 5.91 Å². The van der Waals surface area contributed by atoms with Crippen molar-refractivity contribution in [2.45, 2.75) is 11.2 Å². The van der Waals surface area contributed by atoms with E-state index in [1.165, 1.54) is 6.08 Å². The van der Waals surface area contributed by atoms with Crippen LogP contribution >= 0.6 is 11.3 Å². The lowest BCUT2D eigenvalue weighted by Crippen LogP contribution is -2.68. The number of amides is 1. The molecular formula is C15H19NO4S2. The third kappa shape index (κ3) is 2.51. The van der Waals surface area contributed by atoms with Crippen molar-refractivity contribution in [1.82, 2.24) is 4.90 Å². The van der Waals surface area contributed by atoms with Gasteiger partial charge in [-0.05, 0) is 23.9 Å². The van der Waals surface area contributed by atoms with Gasteiger partial charge in [-0.25, -0.2) is 8.42 Å². The molecule has 0 bridgehead atoms. The summed E-state index contributed by atoms with van der Waals surface area (Å²) in [4.78, 5) is 14.8. The highest BCUT2D eigenvalue weighted by Crippen LogP contribution is 2.44. The van der Waals surface area contributed by atoms with E-state index in [0.29, 0.717) is 13.0 Å². The van der Waals surface area contributed by atoms with Crippen LogP contribution in [0.4, 0.5) is 0 Å². The minimum atomic E-state index is -3.14. The van der Waals surface area contributed by atoms with Crippen molar-refractivity contribution in [2.24, 2.45) is 5.92 Å². The molecule has 0 aliphatic carbocycles. The number of methoxy groups -OCH3 is 1. The summed E-state index contributed by atoms with van der Waals surface area (Å²) in [5, 5.41) is 1.95. The van der Waals surface area contributed by atoms with Gasteiger partial charge in [0.05, 0.1) is 12.4 Å². The van der Waals surface area contributed by atoms with E-state index >= 15 is 0 Å². The second-order valence-electron chi connectivity index (χ2n) is 5.87. The molecule has 3 heterocycles. The number of sulfone groups is 1. The zero-order valence-corrected chi connectivity index (χ0v) is 14.0. The van der Waals surface area contributed by atoms with E-state index in [1.807, 2.05) is 17.5 Å². The molecule has 1 amide bonds. The van der Waals surface area contributed by atoms with Gasteiger partial charge in [-0.2, -0.15) is 0 Å². The summed E-state index contributed by atoms with van der Waals surface area (Å²) in [5.74, 6) is 0.0683. The van der Waals surface area contributed by atoms with Gasteiger partial charge in [-0.15, -0.1) is 11.3 Å². The van der Waals surface area contributed by atoms with Crippen LogP contribution in [-0.4, -0.2) is 56.5 Å².